The highest BCUT2D eigenvalue weighted by molar-refractivity contribution is 6.35. The summed E-state index contributed by atoms with van der Waals surface area (Å²) in [6, 6.07) is 6.36. The molecule has 1 saturated heterocycles. The van der Waals surface area contributed by atoms with Crippen molar-refractivity contribution in [2.24, 2.45) is 0 Å². The summed E-state index contributed by atoms with van der Waals surface area (Å²) in [4.78, 5) is 2.54. The van der Waals surface area contributed by atoms with Crippen molar-refractivity contribution in [1.82, 2.24) is 10.2 Å². The number of nitrogens with zero attached hydrogens (tertiary/aromatic N) is 1. The molecule has 0 aliphatic carbocycles. The summed E-state index contributed by atoms with van der Waals surface area (Å²) in [7, 11) is 0. The van der Waals surface area contributed by atoms with E-state index in [0.717, 1.165) is 30.2 Å². The lowest BCUT2D eigenvalue weighted by Crippen LogP contribution is -2.37. The van der Waals surface area contributed by atoms with E-state index >= 15 is 0 Å². The molecule has 2 nitrogen and oxygen atoms in total. The van der Waals surface area contributed by atoms with Gasteiger partial charge in [0.2, 0.25) is 0 Å². The van der Waals surface area contributed by atoms with Gasteiger partial charge in [-0.3, -0.25) is 4.90 Å². The molecule has 100 valence electrons. The van der Waals surface area contributed by atoms with Crippen LogP contribution < -0.4 is 5.32 Å². The van der Waals surface area contributed by atoms with Crippen LogP contribution in [0.2, 0.25) is 10.0 Å². The average Bonchev–Trinajstić information content (AvgIpc) is 2.79. The number of hydrogen-bond acceptors (Lipinski definition) is 2. The molecule has 1 aromatic carbocycles. The van der Waals surface area contributed by atoms with Gasteiger partial charge in [-0.1, -0.05) is 36.2 Å². The highest BCUT2D eigenvalue weighted by Crippen LogP contribution is 2.21. The molecule has 0 aromatic heterocycles. The molecule has 0 bridgehead atoms. The summed E-state index contributed by atoms with van der Waals surface area (Å²) in [6.45, 7) is 6.46. The maximum absolute atomic E-state index is 6.15. The van der Waals surface area contributed by atoms with Crippen LogP contribution in [-0.2, 0) is 6.54 Å². The average molecular weight is 287 g/mol. The van der Waals surface area contributed by atoms with E-state index in [-0.39, 0.29) is 0 Å². The molecule has 1 aliphatic rings. The van der Waals surface area contributed by atoms with Crippen molar-refractivity contribution < 1.29 is 0 Å². The summed E-state index contributed by atoms with van der Waals surface area (Å²) < 4.78 is 0. The summed E-state index contributed by atoms with van der Waals surface area (Å²) in [5, 5.41) is 4.93. The number of likely N-dealkylation sites (N-methyl/N-ethyl adjacent to an activating group) is 1. The van der Waals surface area contributed by atoms with E-state index in [1.54, 1.807) is 6.07 Å². The molecular formula is C14H20Cl2N2. The van der Waals surface area contributed by atoms with Crippen molar-refractivity contribution in [1.29, 1.82) is 0 Å². The second-order valence-corrected chi connectivity index (χ2v) is 5.63. The van der Waals surface area contributed by atoms with Gasteiger partial charge < -0.3 is 5.32 Å². The highest BCUT2D eigenvalue weighted by Gasteiger charge is 2.22. The van der Waals surface area contributed by atoms with Crippen LogP contribution in [0.4, 0.5) is 0 Å². The molecule has 1 N–H and O–H groups in total. The predicted octanol–water partition coefficient (Wildman–Crippen LogP) is 3.57. The Bertz CT molecular complexity index is 395. The Morgan fingerprint density at radius 1 is 1.39 bits per heavy atom. The van der Waals surface area contributed by atoms with E-state index in [1.165, 1.54) is 19.4 Å². The van der Waals surface area contributed by atoms with Crippen molar-refractivity contribution in [3.05, 3.63) is 33.8 Å². The van der Waals surface area contributed by atoms with Gasteiger partial charge in [0, 0.05) is 29.2 Å². The van der Waals surface area contributed by atoms with Crippen molar-refractivity contribution in [2.75, 3.05) is 19.6 Å². The Kier molecular flexibility index (Phi) is 5.31. The van der Waals surface area contributed by atoms with Crippen LogP contribution in [0.3, 0.4) is 0 Å². The van der Waals surface area contributed by atoms with E-state index in [9.17, 15) is 0 Å². The van der Waals surface area contributed by atoms with Crippen LogP contribution in [-0.4, -0.2) is 30.6 Å². The normalized spacial score (nSPS) is 20.5. The molecule has 0 spiro atoms. The third-order valence-electron chi connectivity index (χ3n) is 3.62. The minimum absolute atomic E-state index is 0.682. The van der Waals surface area contributed by atoms with Gasteiger partial charge in [0.25, 0.3) is 0 Å². The van der Waals surface area contributed by atoms with Crippen LogP contribution in [0.15, 0.2) is 18.2 Å². The van der Waals surface area contributed by atoms with Crippen molar-refractivity contribution >= 4 is 23.2 Å². The number of nitrogens with one attached hydrogen (secondary N) is 1. The lowest BCUT2D eigenvalue weighted by molar-refractivity contribution is 0.260. The molecule has 1 atom stereocenters. The van der Waals surface area contributed by atoms with Crippen molar-refractivity contribution in [3.8, 4) is 0 Å². The first-order chi connectivity index (χ1) is 8.70. The Balaban J connectivity index is 1.81. The van der Waals surface area contributed by atoms with Crippen LogP contribution >= 0.6 is 23.2 Å². The van der Waals surface area contributed by atoms with E-state index in [0.29, 0.717) is 11.1 Å². The Hall–Kier alpha value is -0.280. The van der Waals surface area contributed by atoms with Crippen LogP contribution in [0, 0.1) is 0 Å². The number of likely N-dealkylation sites (tertiary alicyclic amines) is 1. The summed E-state index contributed by atoms with van der Waals surface area (Å²) in [6.07, 6.45) is 2.62. The maximum atomic E-state index is 6.15. The minimum atomic E-state index is 0.682. The Morgan fingerprint density at radius 2 is 2.22 bits per heavy atom. The first-order valence-electron chi connectivity index (χ1n) is 6.59. The SMILES string of the molecule is CCN1CCC[C@@H]1CNCc1ccc(Cl)cc1Cl. The fourth-order valence-electron chi connectivity index (χ4n) is 2.58. The quantitative estimate of drug-likeness (QED) is 0.890. The van der Waals surface area contributed by atoms with Crippen molar-refractivity contribution in [2.45, 2.75) is 32.4 Å². The molecule has 0 saturated carbocycles. The standard InChI is InChI=1S/C14H20Cl2N2/c1-2-18-7-3-4-13(18)10-17-9-11-5-6-12(15)8-14(11)16/h5-6,8,13,17H,2-4,7,9-10H2,1H3/t13-/m1/s1. The number of rotatable bonds is 5. The molecule has 18 heavy (non-hydrogen) atoms. The van der Waals surface area contributed by atoms with Gasteiger partial charge in [0.1, 0.15) is 0 Å². The smallest absolute Gasteiger partial charge is 0.0465 e. The van der Waals surface area contributed by atoms with Gasteiger partial charge in [-0.25, -0.2) is 0 Å². The van der Waals surface area contributed by atoms with E-state index in [4.69, 9.17) is 23.2 Å². The molecular weight excluding hydrogens is 267 g/mol. The van der Waals surface area contributed by atoms with E-state index in [2.05, 4.69) is 17.1 Å². The molecule has 0 amide bonds. The molecule has 1 aromatic rings. The van der Waals surface area contributed by atoms with E-state index in [1.807, 2.05) is 12.1 Å². The summed E-state index contributed by atoms with van der Waals surface area (Å²) in [5.74, 6) is 0. The largest absolute Gasteiger partial charge is 0.311 e. The lowest BCUT2D eigenvalue weighted by Gasteiger charge is -2.23. The zero-order valence-corrected chi connectivity index (χ0v) is 12.3. The fraction of sp³-hybridized carbons (Fsp3) is 0.571. The fourth-order valence-corrected chi connectivity index (χ4v) is 3.06. The van der Waals surface area contributed by atoms with Crippen LogP contribution in [0.25, 0.3) is 0 Å². The van der Waals surface area contributed by atoms with Gasteiger partial charge in [-0.2, -0.15) is 0 Å². The third kappa shape index (κ3) is 3.61. The van der Waals surface area contributed by atoms with Gasteiger partial charge in [-0.05, 0) is 43.6 Å². The van der Waals surface area contributed by atoms with Crippen LogP contribution in [0.1, 0.15) is 25.3 Å². The first kappa shape index (κ1) is 14.1. The predicted molar refractivity (Wildman–Crippen MR) is 78.4 cm³/mol. The topological polar surface area (TPSA) is 15.3 Å². The Morgan fingerprint density at radius 3 is 2.94 bits per heavy atom. The van der Waals surface area contributed by atoms with Gasteiger partial charge in [0.05, 0.1) is 0 Å². The molecule has 1 heterocycles. The molecule has 1 fully saturated rings. The number of halogens is 2. The Labute approximate surface area is 119 Å². The molecule has 0 radical (unpaired) electrons. The monoisotopic (exact) mass is 286 g/mol. The molecule has 0 unspecified atom stereocenters. The van der Waals surface area contributed by atoms with Gasteiger partial charge in [-0.15, -0.1) is 0 Å². The first-order valence-corrected chi connectivity index (χ1v) is 7.35. The van der Waals surface area contributed by atoms with Crippen molar-refractivity contribution in [3.63, 3.8) is 0 Å². The zero-order valence-electron chi connectivity index (χ0n) is 10.8. The molecule has 4 heteroatoms. The van der Waals surface area contributed by atoms with Gasteiger partial charge >= 0.3 is 0 Å². The van der Waals surface area contributed by atoms with Crippen LogP contribution in [0.5, 0.6) is 0 Å². The lowest BCUT2D eigenvalue weighted by atomic mass is 10.2. The number of hydrogen-bond donors (Lipinski definition) is 1. The summed E-state index contributed by atoms with van der Waals surface area (Å²) in [5.41, 5.74) is 1.11. The minimum Gasteiger partial charge on any atom is -0.311 e. The zero-order chi connectivity index (χ0) is 13.0. The number of benzene rings is 1. The second kappa shape index (κ2) is 6.76. The highest BCUT2D eigenvalue weighted by atomic mass is 35.5. The van der Waals surface area contributed by atoms with E-state index < -0.39 is 0 Å². The third-order valence-corrected chi connectivity index (χ3v) is 4.20. The molecule has 2 rings (SSSR count). The maximum Gasteiger partial charge on any atom is 0.0465 e. The summed E-state index contributed by atoms with van der Waals surface area (Å²) >= 11 is 12.0. The molecule has 1 aliphatic heterocycles. The van der Waals surface area contributed by atoms with Gasteiger partial charge in [0.15, 0.2) is 0 Å². The second-order valence-electron chi connectivity index (χ2n) is 4.79.